The van der Waals surface area contributed by atoms with Crippen molar-refractivity contribution in [3.63, 3.8) is 0 Å². The van der Waals surface area contributed by atoms with Crippen molar-refractivity contribution in [3.8, 4) is 0 Å². The van der Waals surface area contributed by atoms with Gasteiger partial charge in [-0.15, -0.1) is 0 Å². The summed E-state index contributed by atoms with van der Waals surface area (Å²) in [7, 11) is 0. The van der Waals surface area contributed by atoms with Crippen molar-refractivity contribution in [2.75, 3.05) is 26.4 Å². The molecule has 100 valence electrons. The molecule has 2 heterocycles. The maximum absolute atomic E-state index is 9.77. The van der Waals surface area contributed by atoms with Gasteiger partial charge in [0.15, 0.2) is 5.78 Å². The monoisotopic (exact) mass is 286 g/mol. The molecule has 0 radical (unpaired) electrons. The van der Waals surface area contributed by atoms with Gasteiger partial charge in [0.05, 0.1) is 13.2 Å². The van der Waals surface area contributed by atoms with Crippen LogP contribution in [0.25, 0.3) is 0 Å². The number of rotatable bonds is 1. The van der Waals surface area contributed by atoms with Crippen LogP contribution in [0.2, 0.25) is 0 Å². The molecule has 2 aliphatic rings. The van der Waals surface area contributed by atoms with Gasteiger partial charge in [0.1, 0.15) is 18.8 Å². The number of ether oxygens (including phenoxy) is 2. The van der Waals surface area contributed by atoms with Crippen molar-refractivity contribution in [1.82, 2.24) is 0 Å². The van der Waals surface area contributed by atoms with Crippen LogP contribution >= 0.6 is 0 Å². The minimum atomic E-state index is -0.630. The van der Waals surface area contributed by atoms with Crippen molar-refractivity contribution >= 4 is 28.8 Å². The Bertz CT molecular complexity index is 246. The number of carbonyl (C=O) groups is 1. The van der Waals surface area contributed by atoms with Crippen LogP contribution in [0.5, 0.6) is 0 Å². The molecule has 0 atom stereocenters. The summed E-state index contributed by atoms with van der Waals surface area (Å²) in [5, 5.41) is 9.20. The Kier molecular flexibility index (Phi) is 17.4. The van der Waals surface area contributed by atoms with Gasteiger partial charge in [-0.1, -0.05) is 19.1 Å². The van der Waals surface area contributed by atoms with Crippen LogP contribution in [0.3, 0.4) is 0 Å². The molecule has 4 nitrogen and oxygen atoms in total. The van der Waals surface area contributed by atoms with Gasteiger partial charge in [0.25, 0.3) is 0 Å². The summed E-state index contributed by atoms with van der Waals surface area (Å²) in [5.41, 5.74) is -0.630. The van der Waals surface area contributed by atoms with Crippen LogP contribution in [-0.2, 0) is 14.3 Å². The molecule has 2 aliphatic heterocycles. The quantitative estimate of drug-likeness (QED) is 0.330. The van der Waals surface area contributed by atoms with E-state index in [2.05, 4.69) is 4.74 Å². The summed E-state index contributed by atoms with van der Waals surface area (Å²) in [6, 6.07) is 0. The molecule has 0 aliphatic carbocycles. The predicted octanol–water partition coefficient (Wildman–Crippen LogP) is -2.47. The van der Waals surface area contributed by atoms with E-state index in [4.69, 9.17) is 11.3 Å². The largest absolute Gasteiger partial charge is 2.00 e. The Morgan fingerprint density at radius 3 is 1.72 bits per heavy atom. The molecule has 2 rings (SSSR count). The topological polar surface area (TPSA) is 55.8 Å². The average molecular weight is 287 g/mol. The molecule has 0 aromatic rings. The third-order valence-electron chi connectivity index (χ3n) is 1.71. The Labute approximate surface area is 131 Å². The molecule has 6 heteroatoms. The minimum absolute atomic E-state index is 0. The second-order valence-electron chi connectivity index (χ2n) is 3.46. The first kappa shape index (κ1) is 23.2. The Hall–Kier alpha value is 0.0862. The zero-order valence-corrected chi connectivity index (χ0v) is 13.1. The summed E-state index contributed by atoms with van der Waals surface area (Å²) in [4.78, 5) is 9.77. The average Bonchev–Trinajstić information content (AvgIpc) is 2.15. The van der Waals surface area contributed by atoms with Gasteiger partial charge < -0.3 is 33.6 Å². The Morgan fingerprint density at radius 1 is 1.28 bits per heavy atom. The normalized spacial score (nSPS) is 18.3. The van der Waals surface area contributed by atoms with E-state index in [0.717, 1.165) is 0 Å². The Balaban J connectivity index is -0.000000198. The van der Waals surface area contributed by atoms with Gasteiger partial charge in [-0.25, -0.2) is 0 Å². The molecule has 2 fully saturated rings. The first-order valence-electron chi connectivity index (χ1n) is 5.11. The molecular weight excluding hydrogens is 268 g/mol. The second kappa shape index (κ2) is 13.5. The number of ketones is 1. The maximum Gasteiger partial charge on any atom is 2.00 e. The first-order chi connectivity index (χ1) is 7.58. The summed E-state index contributed by atoms with van der Waals surface area (Å²) in [5.74, 6) is 0.213. The van der Waals surface area contributed by atoms with E-state index < -0.39 is 5.60 Å². The zero-order valence-electron chi connectivity index (χ0n) is 10.9. The van der Waals surface area contributed by atoms with E-state index in [1.807, 2.05) is 13.0 Å². The molecular formula is C12H19ClMgO4. The molecule has 2 saturated heterocycles. The van der Waals surface area contributed by atoms with Gasteiger partial charge in [-0.05, 0) is 6.92 Å². The molecule has 0 unspecified atom stereocenters. The molecule has 0 bridgehead atoms. The van der Waals surface area contributed by atoms with E-state index in [1.54, 1.807) is 13.0 Å². The van der Waals surface area contributed by atoms with Crippen LogP contribution in [0.4, 0.5) is 0 Å². The van der Waals surface area contributed by atoms with E-state index in [1.165, 1.54) is 6.08 Å². The van der Waals surface area contributed by atoms with Gasteiger partial charge >= 0.3 is 23.1 Å². The number of halogens is 1. The molecule has 1 N–H and O–H groups in total. The number of carbonyl (C=O) groups excluding carboxylic acids is 1. The van der Waals surface area contributed by atoms with E-state index in [-0.39, 0.29) is 41.2 Å². The SMILES string of the molecule is C/C=C/C1(O)COC1.O=C1COC1.[CH-]=CC.[Cl-].[Mg+2]. The number of allylic oxidation sites excluding steroid dienone is 2. The van der Waals surface area contributed by atoms with Crippen LogP contribution in [0.1, 0.15) is 13.8 Å². The number of aliphatic hydroxyl groups is 1. The summed E-state index contributed by atoms with van der Waals surface area (Å²) in [6.45, 7) is 9.99. The van der Waals surface area contributed by atoms with E-state index >= 15 is 0 Å². The summed E-state index contributed by atoms with van der Waals surface area (Å²) >= 11 is 0. The van der Waals surface area contributed by atoms with Crippen molar-refractivity contribution in [1.29, 1.82) is 0 Å². The predicted molar refractivity (Wildman–Crippen MR) is 66.7 cm³/mol. The van der Waals surface area contributed by atoms with Gasteiger partial charge in [0.2, 0.25) is 0 Å². The molecule has 18 heavy (non-hydrogen) atoms. The molecule has 0 aromatic heterocycles. The van der Waals surface area contributed by atoms with Crippen molar-refractivity contribution in [2.24, 2.45) is 0 Å². The molecule has 0 aromatic carbocycles. The number of hydrogen-bond acceptors (Lipinski definition) is 4. The Morgan fingerprint density at radius 2 is 1.67 bits per heavy atom. The fourth-order valence-corrected chi connectivity index (χ4v) is 0.903. The summed E-state index contributed by atoms with van der Waals surface area (Å²) in [6.07, 6.45) is 5.10. The molecule has 0 spiro atoms. The third-order valence-corrected chi connectivity index (χ3v) is 1.71. The first-order valence-corrected chi connectivity index (χ1v) is 5.11. The van der Waals surface area contributed by atoms with Crippen LogP contribution in [0, 0.1) is 6.58 Å². The van der Waals surface area contributed by atoms with E-state index in [9.17, 15) is 9.90 Å². The maximum atomic E-state index is 9.77. The smallest absolute Gasteiger partial charge is 1.00 e. The van der Waals surface area contributed by atoms with Crippen molar-refractivity contribution < 1.29 is 31.8 Å². The number of hydrogen-bond donors (Lipinski definition) is 1. The standard InChI is InChI=1S/C6H10O2.C3H4O2.C3H5.ClH.Mg/c1-2-3-6(7)4-8-5-6;4-3-1-5-2-3;1-3-2;;/h2-3,7H,4-5H2,1H3;1-2H2;1,3H,2H3;1H;/q;;-1;;+2/p-1/b3-2+;;;;. The fourth-order valence-electron chi connectivity index (χ4n) is 0.903. The van der Waals surface area contributed by atoms with Gasteiger partial charge in [0, 0.05) is 0 Å². The van der Waals surface area contributed by atoms with Crippen molar-refractivity contribution in [2.45, 2.75) is 19.4 Å². The van der Waals surface area contributed by atoms with Gasteiger partial charge in [-0.2, -0.15) is 0 Å². The second-order valence-corrected chi connectivity index (χ2v) is 3.46. The summed E-state index contributed by atoms with van der Waals surface area (Å²) < 4.78 is 9.27. The van der Waals surface area contributed by atoms with E-state index in [0.29, 0.717) is 26.4 Å². The van der Waals surface area contributed by atoms with Crippen LogP contribution in [-0.4, -0.2) is 66.0 Å². The zero-order chi connectivity index (χ0) is 12.4. The van der Waals surface area contributed by atoms with Crippen LogP contribution < -0.4 is 12.4 Å². The minimum Gasteiger partial charge on any atom is -1.00 e. The third kappa shape index (κ3) is 11.2. The van der Waals surface area contributed by atoms with Crippen molar-refractivity contribution in [3.05, 3.63) is 24.8 Å². The molecule has 0 saturated carbocycles. The van der Waals surface area contributed by atoms with Gasteiger partial charge in [-0.3, -0.25) is 10.9 Å². The fraction of sp³-hybridized carbons (Fsp3) is 0.583. The number of Topliss-reactive ketones (excluding diaryl/α,β-unsaturated/α-hetero) is 1. The van der Waals surface area contributed by atoms with Crippen LogP contribution in [0.15, 0.2) is 18.2 Å². The molecule has 0 amide bonds.